The molecule has 1 aromatic rings. The van der Waals surface area contributed by atoms with Crippen LogP contribution < -0.4 is 0 Å². The lowest BCUT2D eigenvalue weighted by Crippen LogP contribution is -2.35. The van der Waals surface area contributed by atoms with Gasteiger partial charge >= 0.3 is 5.97 Å². The van der Waals surface area contributed by atoms with Gasteiger partial charge < -0.3 is 4.74 Å². The molecule has 0 amide bonds. The number of carbonyl (C=O) groups is 1. The van der Waals surface area contributed by atoms with Crippen molar-refractivity contribution in [1.29, 1.82) is 5.26 Å². The van der Waals surface area contributed by atoms with Gasteiger partial charge in [0.1, 0.15) is 0 Å². The second-order valence-corrected chi connectivity index (χ2v) is 5.09. The third-order valence-corrected chi connectivity index (χ3v) is 3.83. The minimum Gasteiger partial charge on any atom is -0.405 e. The number of hydrogen-bond donors (Lipinski definition) is 0. The number of nitrogens with zero attached hydrogens (tertiary/aromatic N) is 2. The maximum atomic E-state index is 12.1. The molecule has 0 saturated heterocycles. The van der Waals surface area contributed by atoms with E-state index in [-0.39, 0.29) is 5.97 Å². The van der Waals surface area contributed by atoms with Crippen LogP contribution in [0.1, 0.15) is 43.2 Å². The topological polar surface area (TPSA) is 62.5 Å². The van der Waals surface area contributed by atoms with Crippen LogP contribution in [0.3, 0.4) is 0 Å². The maximum Gasteiger partial charge on any atom is 0.340 e. The van der Waals surface area contributed by atoms with Crippen molar-refractivity contribution in [3.05, 3.63) is 35.4 Å². The zero-order valence-corrected chi connectivity index (χ0v) is 10.6. The zero-order chi connectivity index (χ0) is 13.3. The van der Waals surface area contributed by atoms with Gasteiger partial charge in [0.15, 0.2) is 5.54 Å². The summed E-state index contributed by atoms with van der Waals surface area (Å²) >= 11 is 0. The van der Waals surface area contributed by atoms with Crippen LogP contribution in [0.4, 0.5) is 0 Å². The van der Waals surface area contributed by atoms with E-state index in [4.69, 9.17) is 10.00 Å². The molecule has 1 aromatic carbocycles. The van der Waals surface area contributed by atoms with Crippen LogP contribution in [-0.4, -0.2) is 17.4 Å². The van der Waals surface area contributed by atoms with Gasteiger partial charge in [-0.3, -0.25) is 0 Å². The van der Waals surface area contributed by atoms with Crippen LogP contribution in [0.5, 0.6) is 0 Å². The van der Waals surface area contributed by atoms with Gasteiger partial charge in [0, 0.05) is 5.56 Å². The molecule has 1 saturated carbocycles. The Hall–Kier alpha value is -2.15. The summed E-state index contributed by atoms with van der Waals surface area (Å²) in [5, 5.41) is 8.77. The SMILES string of the molecule is N#Cc1ccc(C2=NC3(CCCCC3)C(=O)O2)cc1. The highest BCUT2D eigenvalue weighted by atomic mass is 16.6. The lowest BCUT2D eigenvalue weighted by Gasteiger charge is -2.25. The predicted molar refractivity (Wildman–Crippen MR) is 69.6 cm³/mol. The number of aliphatic imine (C=N–C) groups is 1. The Balaban J connectivity index is 1.91. The minimum absolute atomic E-state index is 0.216. The van der Waals surface area contributed by atoms with Gasteiger partial charge in [0.2, 0.25) is 5.90 Å². The second-order valence-electron chi connectivity index (χ2n) is 5.09. The van der Waals surface area contributed by atoms with E-state index < -0.39 is 5.54 Å². The molecular weight excluding hydrogens is 240 g/mol. The summed E-state index contributed by atoms with van der Waals surface area (Å²) in [7, 11) is 0. The van der Waals surface area contributed by atoms with E-state index in [0.29, 0.717) is 11.5 Å². The Morgan fingerprint density at radius 3 is 2.47 bits per heavy atom. The van der Waals surface area contributed by atoms with Crippen LogP contribution in [0.2, 0.25) is 0 Å². The molecule has 0 unspecified atom stereocenters. The summed E-state index contributed by atoms with van der Waals surface area (Å²) in [6.07, 6.45) is 4.78. The van der Waals surface area contributed by atoms with Gasteiger partial charge in [0.25, 0.3) is 0 Å². The molecule has 96 valence electrons. The largest absolute Gasteiger partial charge is 0.405 e. The van der Waals surface area contributed by atoms with Gasteiger partial charge in [0.05, 0.1) is 11.6 Å². The van der Waals surface area contributed by atoms with E-state index in [9.17, 15) is 4.79 Å². The van der Waals surface area contributed by atoms with Crippen molar-refractivity contribution >= 4 is 11.9 Å². The van der Waals surface area contributed by atoms with E-state index in [0.717, 1.165) is 37.7 Å². The van der Waals surface area contributed by atoms with Crippen LogP contribution in [0.25, 0.3) is 0 Å². The van der Waals surface area contributed by atoms with Crippen molar-refractivity contribution in [2.75, 3.05) is 0 Å². The predicted octanol–water partition coefficient (Wildman–Crippen LogP) is 2.56. The highest BCUT2D eigenvalue weighted by Gasteiger charge is 2.46. The van der Waals surface area contributed by atoms with Crippen LogP contribution in [0.15, 0.2) is 29.3 Å². The summed E-state index contributed by atoms with van der Waals surface area (Å²) < 4.78 is 5.34. The molecule has 1 aliphatic carbocycles. The number of nitriles is 1. The highest BCUT2D eigenvalue weighted by molar-refractivity contribution is 6.08. The van der Waals surface area contributed by atoms with E-state index in [1.54, 1.807) is 24.3 Å². The summed E-state index contributed by atoms with van der Waals surface area (Å²) in [6, 6.07) is 9.02. The maximum absolute atomic E-state index is 12.1. The van der Waals surface area contributed by atoms with Crippen molar-refractivity contribution in [2.24, 2.45) is 4.99 Å². The van der Waals surface area contributed by atoms with Crippen molar-refractivity contribution in [3.63, 3.8) is 0 Å². The van der Waals surface area contributed by atoms with E-state index in [1.165, 1.54) is 0 Å². The fourth-order valence-corrected chi connectivity index (χ4v) is 2.71. The van der Waals surface area contributed by atoms with Crippen molar-refractivity contribution in [2.45, 2.75) is 37.6 Å². The van der Waals surface area contributed by atoms with Crippen molar-refractivity contribution in [1.82, 2.24) is 0 Å². The van der Waals surface area contributed by atoms with Gasteiger partial charge in [-0.25, -0.2) is 9.79 Å². The molecule has 1 heterocycles. The summed E-state index contributed by atoms with van der Waals surface area (Å²) in [4.78, 5) is 16.6. The molecule has 1 fully saturated rings. The van der Waals surface area contributed by atoms with Crippen molar-refractivity contribution in [3.8, 4) is 6.07 Å². The molecule has 2 aliphatic rings. The normalized spacial score (nSPS) is 20.8. The fraction of sp³-hybridized carbons (Fsp3) is 0.400. The first-order valence-corrected chi connectivity index (χ1v) is 6.56. The summed E-state index contributed by atoms with van der Waals surface area (Å²) in [5.74, 6) is 0.183. The van der Waals surface area contributed by atoms with E-state index >= 15 is 0 Å². The molecular formula is C15H14N2O2. The third kappa shape index (κ3) is 2.01. The molecule has 0 bridgehead atoms. The molecule has 4 heteroatoms. The number of cyclic esters (lactones) is 1. The Morgan fingerprint density at radius 2 is 1.84 bits per heavy atom. The standard InChI is InChI=1S/C15H14N2O2/c16-10-11-4-6-12(7-5-11)13-17-15(14(18)19-13)8-2-1-3-9-15/h4-7H,1-3,8-9H2. The Bertz CT molecular complexity index is 575. The molecule has 19 heavy (non-hydrogen) atoms. The first kappa shape index (κ1) is 11.9. The number of ether oxygens (including phenoxy) is 1. The third-order valence-electron chi connectivity index (χ3n) is 3.83. The van der Waals surface area contributed by atoms with E-state index in [2.05, 4.69) is 11.1 Å². The van der Waals surface area contributed by atoms with E-state index in [1.807, 2.05) is 0 Å². The Labute approximate surface area is 111 Å². The zero-order valence-electron chi connectivity index (χ0n) is 10.6. The molecule has 4 nitrogen and oxygen atoms in total. The number of rotatable bonds is 1. The monoisotopic (exact) mass is 254 g/mol. The second kappa shape index (κ2) is 4.51. The van der Waals surface area contributed by atoms with Gasteiger partial charge in [-0.15, -0.1) is 0 Å². The smallest absolute Gasteiger partial charge is 0.340 e. The first-order chi connectivity index (χ1) is 9.23. The number of benzene rings is 1. The highest BCUT2D eigenvalue weighted by Crippen LogP contribution is 2.37. The lowest BCUT2D eigenvalue weighted by molar-refractivity contribution is -0.140. The average molecular weight is 254 g/mol. The van der Waals surface area contributed by atoms with Gasteiger partial charge in [-0.1, -0.05) is 19.3 Å². The summed E-state index contributed by atoms with van der Waals surface area (Å²) in [5.41, 5.74) is 0.706. The molecule has 0 N–H and O–H groups in total. The van der Waals surface area contributed by atoms with Crippen LogP contribution >= 0.6 is 0 Å². The first-order valence-electron chi connectivity index (χ1n) is 6.56. The molecule has 0 radical (unpaired) electrons. The number of hydrogen-bond acceptors (Lipinski definition) is 4. The molecule has 0 atom stereocenters. The van der Waals surface area contributed by atoms with Crippen LogP contribution in [0, 0.1) is 11.3 Å². The summed E-state index contributed by atoms with van der Waals surface area (Å²) in [6.45, 7) is 0. The fourth-order valence-electron chi connectivity index (χ4n) is 2.71. The Morgan fingerprint density at radius 1 is 1.16 bits per heavy atom. The molecule has 1 spiro atoms. The van der Waals surface area contributed by atoms with Crippen molar-refractivity contribution < 1.29 is 9.53 Å². The number of esters is 1. The number of carbonyl (C=O) groups excluding carboxylic acids is 1. The molecule has 0 aromatic heterocycles. The minimum atomic E-state index is -0.637. The molecule has 3 rings (SSSR count). The lowest BCUT2D eigenvalue weighted by atomic mass is 9.83. The average Bonchev–Trinajstić information content (AvgIpc) is 2.77. The Kier molecular flexibility index (Phi) is 2.83. The quantitative estimate of drug-likeness (QED) is 0.723. The van der Waals surface area contributed by atoms with Gasteiger partial charge in [-0.05, 0) is 37.1 Å². The van der Waals surface area contributed by atoms with Crippen LogP contribution in [-0.2, 0) is 9.53 Å². The van der Waals surface area contributed by atoms with Gasteiger partial charge in [-0.2, -0.15) is 5.26 Å². The molecule has 1 aliphatic heterocycles.